The third-order valence-electron chi connectivity index (χ3n) is 3.44. The average molecular weight is 334 g/mol. The summed E-state index contributed by atoms with van der Waals surface area (Å²) in [7, 11) is 0. The van der Waals surface area contributed by atoms with Crippen LogP contribution in [0.15, 0.2) is 30.6 Å². The minimum absolute atomic E-state index is 0.300. The van der Waals surface area contributed by atoms with Gasteiger partial charge in [-0.05, 0) is 30.2 Å². The maximum atomic E-state index is 6.04. The summed E-state index contributed by atoms with van der Waals surface area (Å²) in [5.74, 6) is 2.43. The summed E-state index contributed by atoms with van der Waals surface area (Å²) < 4.78 is 11.4. The molecule has 0 saturated carbocycles. The van der Waals surface area contributed by atoms with Gasteiger partial charge >= 0.3 is 0 Å². The van der Waals surface area contributed by atoms with Crippen molar-refractivity contribution < 1.29 is 9.47 Å². The largest absolute Gasteiger partial charge is 0.454 e. The van der Waals surface area contributed by atoms with Crippen molar-refractivity contribution in [2.45, 2.75) is 6.42 Å². The zero-order valence-corrected chi connectivity index (χ0v) is 13.1. The van der Waals surface area contributed by atoms with Gasteiger partial charge in [-0.2, -0.15) is 0 Å². The van der Waals surface area contributed by atoms with Crippen molar-refractivity contribution in [3.05, 3.63) is 40.5 Å². The Morgan fingerprint density at radius 1 is 1.18 bits per heavy atom. The minimum Gasteiger partial charge on any atom is -0.454 e. The number of fused-ring (bicyclic) bond motifs is 2. The number of nitrogens with one attached hydrogen (secondary N) is 1. The molecule has 7 heteroatoms. The molecule has 0 bridgehead atoms. The molecule has 1 aliphatic rings. The highest BCUT2D eigenvalue weighted by Gasteiger charge is 2.13. The van der Waals surface area contributed by atoms with Crippen LogP contribution >= 0.6 is 22.9 Å². The molecule has 3 heterocycles. The van der Waals surface area contributed by atoms with Crippen LogP contribution in [0.25, 0.3) is 10.2 Å². The molecule has 0 aliphatic carbocycles. The first-order chi connectivity index (χ1) is 10.8. The Morgan fingerprint density at radius 2 is 2.09 bits per heavy atom. The predicted octanol–water partition coefficient (Wildman–Crippen LogP) is 3.73. The third-order valence-corrected chi connectivity index (χ3v) is 4.61. The van der Waals surface area contributed by atoms with E-state index in [-0.39, 0.29) is 0 Å². The van der Waals surface area contributed by atoms with E-state index >= 15 is 0 Å². The summed E-state index contributed by atoms with van der Waals surface area (Å²) in [6.45, 7) is 1.06. The molecular formula is C15H12ClN3O2S. The van der Waals surface area contributed by atoms with Crippen molar-refractivity contribution in [1.29, 1.82) is 0 Å². The molecule has 3 aromatic rings. The first-order valence-electron chi connectivity index (χ1n) is 6.82. The SMILES string of the molecule is Clc1cc2c(NCCc3ccc4c(c3)OCO4)ncnc2s1. The van der Waals surface area contributed by atoms with Crippen LogP contribution < -0.4 is 14.8 Å². The summed E-state index contributed by atoms with van der Waals surface area (Å²) >= 11 is 7.49. The second-order valence-electron chi connectivity index (χ2n) is 4.86. The monoisotopic (exact) mass is 333 g/mol. The molecule has 112 valence electrons. The lowest BCUT2D eigenvalue weighted by Crippen LogP contribution is -2.06. The normalized spacial score (nSPS) is 12.8. The topological polar surface area (TPSA) is 56.3 Å². The second kappa shape index (κ2) is 5.62. The van der Waals surface area contributed by atoms with Crippen molar-refractivity contribution >= 4 is 39.0 Å². The Hall–Kier alpha value is -2.05. The number of anilines is 1. The van der Waals surface area contributed by atoms with E-state index in [4.69, 9.17) is 21.1 Å². The van der Waals surface area contributed by atoms with E-state index < -0.39 is 0 Å². The molecule has 1 aliphatic heterocycles. The number of hydrogen-bond acceptors (Lipinski definition) is 6. The molecule has 1 aromatic carbocycles. The van der Waals surface area contributed by atoms with E-state index in [9.17, 15) is 0 Å². The molecule has 0 radical (unpaired) electrons. The molecule has 2 aromatic heterocycles. The third kappa shape index (κ3) is 2.55. The predicted molar refractivity (Wildman–Crippen MR) is 87.2 cm³/mol. The summed E-state index contributed by atoms with van der Waals surface area (Å²) in [5, 5.41) is 4.30. The molecule has 0 spiro atoms. The van der Waals surface area contributed by atoms with Crippen LogP contribution in [-0.2, 0) is 6.42 Å². The van der Waals surface area contributed by atoms with Gasteiger partial charge in [0.05, 0.1) is 9.72 Å². The number of rotatable bonds is 4. The van der Waals surface area contributed by atoms with Crippen LogP contribution in [0.1, 0.15) is 5.56 Å². The van der Waals surface area contributed by atoms with E-state index in [1.807, 2.05) is 24.3 Å². The van der Waals surface area contributed by atoms with Gasteiger partial charge in [0.25, 0.3) is 0 Å². The summed E-state index contributed by atoms with van der Waals surface area (Å²) in [4.78, 5) is 9.41. The molecular weight excluding hydrogens is 322 g/mol. The number of benzene rings is 1. The Balaban J connectivity index is 1.46. The number of aromatic nitrogens is 2. The lowest BCUT2D eigenvalue weighted by molar-refractivity contribution is 0.174. The Bertz CT molecular complexity index is 837. The van der Waals surface area contributed by atoms with Crippen molar-refractivity contribution in [1.82, 2.24) is 9.97 Å². The maximum Gasteiger partial charge on any atom is 0.231 e. The van der Waals surface area contributed by atoms with Gasteiger partial charge in [0.15, 0.2) is 11.5 Å². The van der Waals surface area contributed by atoms with Crippen LogP contribution in [0.5, 0.6) is 11.5 Å². The molecule has 0 saturated heterocycles. The molecule has 0 amide bonds. The summed E-state index contributed by atoms with van der Waals surface area (Å²) in [6, 6.07) is 7.90. The van der Waals surface area contributed by atoms with Gasteiger partial charge in [-0.3, -0.25) is 0 Å². The second-order valence-corrected chi connectivity index (χ2v) is 6.52. The summed E-state index contributed by atoms with van der Waals surface area (Å²) in [5.41, 5.74) is 1.19. The van der Waals surface area contributed by atoms with Crippen molar-refractivity contribution in [2.75, 3.05) is 18.7 Å². The fourth-order valence-corrected chi connectivity index (χ4v) is 3.44. The van der Waals surface area contributed by atoms with Crippen LogP contribution in [0.3, 0.4) is 0 Å². The van der Waals surface area contributed by atoms with Gasteiger partial charge in [0, 0.05) is 6.54 Å². The fourth-order valence-electron chi connectivity index (χ4n) is 2.39. The van der Waals surface area contributed by atoms with Gasteiger partial charge in [-0.15, -0.1) is 11.3 Å². The quantitative estimate of drug-likeness (QED) is 0.788. The Morgan fingerprint density at radius 3 is 3.05 bits per heavy atom. The first-order valence-corrected chi connectivity index (χ1v) is 8.01. The van der Waals surface area contributed by atoms with E-state index in [0.717, 1.165) is 40.5 Å². The lowest BCUT2D eigenvalue weighted by atomic mass is 10.1. The van der Waals surface area contributed by atoms with E-state index in [2.05, 4.69) is 15.3 Å². The Labute approximate surface area is 135 Å². The van der Waals surface area contributed by atoms with Crippen LogP contribution in [0, 0.1) is 0 Å². The highest BCUT2D eigenvalue weighted by molar-refractivity contribution is 7.22. The highest BCUT2D eigenvalue weighted by Crippen LogP contribution is 2.33. The zero-order valence-electron chi connectivity index (χ0n) is 11.5. The van der Waals surface area contributed by atoms with Crippen molar-refractivity contribution in [3.8, 4) is 11.5 Å². The van der Waals surface area contributed by atoms with Gasteiger partial charge in [0.1, 0.15) is 17.0 Å². The molecule has 5 nitrogen and oxygen atoms in total. The first kappa shape index (κ1) is 13.6. The number of halogens is 1. The van der Waals surface area contributed by atoms with Crippen LogP contribution in [-0.4, -0.2) is 23.3 Å². The lowest BCUT2D eigenvalue weighted by Gasteiger charge is -2.07. The number of hydrogen-bond donors (Lipinski definition) is 1. The maximum absolute atomic E-state index is 6.04. The zero-order chi connectivity index (χ0) is 14.9. The van der Waals surface area contributed by atoms with Crippen LogP contribution in [0.2, 0.25) is 4.34 Å². The van der Waals surface area contributed by atoms with Crippen LogP contribution in [0.4, 0.5) is 5.82 Å². The highest BCUT2D eigenvalue weighted by atomic mass is 35.5. The molecule has 0 atom stereocenters. The molecule has 1 N–H and O–H groups in total. The molecule has 22 heavy (non-hydrogen) atoms. The standard InChI is InChI=1S/C15H12ClN3O2S/c16-13-6-10-14(18-7-19-15(10)22-13)17-4-3-9-1-2-11-12(5-9)21-8-20-11/h1-2,5-7H,3-4,8H2,(H,17,18,19). The minimum atomic E-state index is 0.300. The van der Waals surface area contributed by atoms with Gasteiger partial charge in [0.2, 0.25) is 6.79 Å². The van der Waals surface area contributed by atoms with E-state index in [1.165, 1.54) is 16.9 Å². The summed E-state index contributed by atoms with van der Waals surface area (Å²) in [6.07, 6.45) is 2.41. The van der Waals surface area contributed by atoms with Crippen molar-refractivity contribution in [2.24, 2.45) is 0 Å². The van der Waals surface area contributed by atoms with Gasteiger partial charge < -0.3 is 14.8 Å². The van der Waals surface area contributed by atoms with E-state index in [1.54, 1.807) is 6.33 Å². The number of ether oxygens (including phenoxy) is 2. The van der Waals surface area contributed by atoms with Gasteiger partial charge in [-0.25, -0.2) is 9.97 Å². The molecule has 4 rings (SSSR count). The molecule has 0 fully saturated rings. The molecule has 0 unspecified atom stereocenters. The smallest absolute Gasteiger partial charge is 0.231 e. The van der Waals surface area contributed by atoms with Crippen molar-refractivity contribution in [3.63, 3.8) is 0 Å². The average Bonchev–Trinajstić information content (AvgIpc) is 3.12. The fraction of sp³-hybridized carbons (Fsp3) is 0.200. The van der Waals surface area contributed by atoms with E-state index in [0.29, 0.717) is 11.1 Å². The van der Waals surface area contributed by atoms with Gasteiger partial charge in [-0.1, -0.05) is 17.7 Å². The number of thiophene rings is 1. The Kier molecular flexibility index (Phi) is 3.48. The number of nitrogens with zero attached hydrogens (tertiary/aromatic N) is 2.